The molecule has 1 saturated carbocycles. The molecule has 0 heterocycles. The van der Waals surface area contributed by atoms with E-state index in [-0.39, 0.29) is 12.5 Å². The topological polar surface area (TPSA) is 40.5 Å². The first-order valence-electron chi connectivity index (χ1n) is 6.38. The Bertz CT molecular complexity index is 271. The monoisotopic (exact) mass is 223 g/mol. The number of rotatable bonds is 5. The minimum atomic E-state index is 0.0861. The Morgan fingerprint density at radius 3 is 2.69 bits per heavy atom. The maximum atomic E-state index is 12.1. The van der Waals surface area contributed by atoms with E-state index in [2.05, 4.69) is 12.2 Å². The van der Waals surface area contributed by atoms with Crippen LogP contribution in [0.3, 0.4) is 0 Å². The van der Waals surface area contributed by atoms with Crippen LogP contribution in [0.5, 0.6) is 0 Å². The number of carbonyl (C=O) groups excluding carboxylic acids is 1. The van der Waals surface area contributed by atoms with Gasteiger partial charge in [0.2, 0.25) is 5.91 Å². The Morgan fingerprint density at radius 1 is 1.38 bits per heavy atom. The normalized spacial score (nSPS) is 24.4. The van der Waals surface area contributed by atoms with Gasteiger partial charge in [0.15, 0.2) is 0 Å². The number of hydrogen-bond acceptors (Lipinski definition) is 2. The van der Waals surface area contributed by atoms with Gasteiger partial charge < -0.3 is 10.0 Å². The first-order chi connectivity index (χ1) is 7.81. The van der Waals surface area contributed by atoms with Gasteiger partial charge in [0.1, 0.15) is 0 Å². The summed E-state index contributed by atoms with van der Waals surface area (Å²) in [6, 6.07) is 0.407. The molecule has 0 bridgehead atoms. The number of carbonyl (C=O) groups is 1. The standard InChI is InChI=1S/C13H21NO2/c15-9-8-14(12-6-3-7-12)13(16)10-11-4-1-2-5-11/h1,4,11-12,15H,2-3,5-10H2. The van der Waals surface area contributed by atoms with Crippen LogP contribution in [0, 0.1) is 5.92 Å². The van der Waals surface area contributed by atoms with Gasteiger partial charge in [-0.3, -0.25) is 4.79 Å². The number of aliphatic hydroxyl groups excluding tert-OH is 1. The predicted octanol–water partition coefficient (Wildman–Crippen LogP) is 1.72. The van der Waals surface area contributed by atoms with E-state index in [0.717, 1.165) is 25.7 Å². The van der Waals surface area contributed by atoms with Gasteiger partial charge in [0, 0.05) is 19.0 Å². The third kappa shape index (κ3) is 2.64. The third-order valence-corrected chi connectivity index (χ3v) is 3.73. The summed E-state index contributed by atoms with van der Waals surface area (Å²) in [5.41, 5.74) is 0. The molecule has 90 valence electrons. The van der Waals surface area contributed by atoms with Gasteiger partial charge in [-0.1, -0.05) is 12.2 Å². The van der Waals surface area contributed by atoms with Gasteiger partial charge in [0.25, 0.3) is 0 Å². The predicted molar refractivity (Wildman–Crippen MR) is 62.9 cm³/mol. The largest absolute Gasteiger partial charge is 0.395 e. The smallest absolute Gasteiger partial charge is 0.223 e. The lowest BCUT2D eigenvalue weighted by Gasteiger charge is -2.37. The average molecular weight is 223 g/mol. The second-order valence-electron chi connectivity index (χ2n) is 4.87. The van der Waals surface area contributed by atoms with Gasteiger partial charge in [-0.2, -0.15) is 0 Å². The van der Waals surface area contributed by atoms with E-state index in [1.807, 2.05) is 4.90 Å². The summed E-state index contributed by atoms with van der Waals surface area (Å²) in [6.07, 6.45) is 10.6. The van der Waals surface area contributed by atoms with E-state index in [0.29, 0.717) is 24.9 Å². The number of amides is 1. The van der Waals surface area contributed by atoms with Gasteiger partial charge in [-0.15, -0.1) is 0 Å². The molecule has 1 atom stereocenters. The number of aliphatic hydroxyl groups is 1. The van der Waals surface area contributed by atoms with E-state index in [1.54, 1.807) is 0 Å². The molecule has 0 aromatic rings. The average Bonchev–Trinajstić information content (AvgIpc) is 2.67. The van der Waals surface area contributed by atoms with Gasteiger partial charge in [-0.05, 0) is 38.0 Å². The van der Waals surface area contributed by atoms with Crippen LogP contribution in [0.15, 0.2) is 12.2 Å². The SMILES string of the molecule is O=C(CC1C=CCC1)N(CCO)C1CCC1. The Labute approximate surface area is 97.1 Å². The fourth-order valence-corrected chi connectivity index (χ4v) is 2.52. The molecule has 2 aliphatic carbocycles. The summed E-state index contributed by atoms with van der Waals surface area (Å²) in [5.74, 6) is 0.670. The van der Waals surface area contributed by atoms with E-state index in [1.165, 1.54) is 6.42 Å². The zero-order valence-electron chi connectivity index (χ0n) is 9.77. The summed E-state index contributed by atoms with van der Waals surface area (Å²) in [5, 5.41) is 9.01. The highest BCUT2D eigenvalue weighted by Gasteiger charge is 2.29. The van der Waals surface area contributed by atoms with Crippen molar-refractivity contribution >= 4 is 5.91 Å². The van der Waals surface area contributed by atoms with Crippen LogP contribution < -0.4 is 0 Å². The van der Waals surface area contributed by atoms with E-state index >= 15 is 0 Å². The number of hydrogen-bond donors (Lipinski definition) is 1. The summed E-state index contributed by atoms with van der Waals surface area (Å²) >= 11 is 0. The zero-order valence-corrected chi connectivity index (χ0v) is 9.77. The lowest BCUT2D eigenvalue weighted by Crippen LogP contribution is -2.46. The Morgan fingerprint density at radius 2 is 2.19 bits per heavy atom. The van der Waals surface area contributed by atoms with Crippen LogP contribution in [0.4, 0.5) is 0 Å². The molecule has 3 heteroatoms. The van der Waals surface area contributed by atoms with Crippen LogP contribution in [0.2, 0.25) is 0 Å². The molecule has 0 radical (unpaired) electrons. The highest BCUT2D eigenvalue weighted by molar-refractivity contribution is 5.77. The Hall–Kier alpha value is -0.830. The quantitative estimate of drug-likeness (QED) is 0.721. The van der Waals surface area contributed by atoms with Crippen molar-refractivity contribution in [2.75, 3.05) is 13.2 Å². The van der Waals surface area contributed by atoms with Crippen molar-refractivity contribution in [3.8, 4) is 0 Å². The molecule has 1 N–H and O–H groups in total. The molecule has 1 unspecified atom stereocenters. The molecule has 0 spiro atoms. The van der Waals surface area contributed by atoms with Crippen LogP contribution in [0.1, 0.15) is 38.5 Å². The lowest BCUT2D eigenvalue weighted by atomic mass is 9.90. The molecule has 1 fully saturated rings. The number of allylic oxidation sites excluding steroid dienone is 2. The Balaban J connectivity index is 1.85. The molecule has 16 heavy (non-hydrogen) atoms. The maximum Gasteiger partial charge on any atom is 0.223 e. The van der Waals surface area contributed by atoms with Crippen molar-refractivity contribution in [3.63, 3.8) is 0 Å². The molecule has 3 nitrogen and oxygen atoms in total. The molecule has 1 amide bonds. The highest BCUT2D eigenvalue weighted by atomic mass is 16.3. The third-order valence-electron chi connectivity index (χ3n) is 3.73. The van der Waals surface area contributed by atoms with E-state index < -0.39 is 0 Å². The minimum Gasteiger partial charge on any atom is -0.395 e. The first-order valence-corrected chi connectivity index (χ1v) is 6.38. The molecule has 0 saturated heterocycles. The van der Waals surface area contributed by atoms with E-state index in [4.69, 9.17) is 5.11 Å². The van der Waals surface area contributed by atoms with Gasteiger partial charge >= 0.3 is 0 Å². The minimum absolute atomic E-state index is 0.0861. The summed E-state index contributed by atoms with van der Waals surface area (Å²) < 4.78 is 0. The Kier molecular flexibility index (Phi) is 3.99. The van der Waals surface area contributed by atoms with Crippen molar-refractivity contribution < 1.29 is 9.90 Å². The van der Waals surface area contributed by atoms with Gasteiger partial charge in [-0.25, -0.2) is 0 Å². The van der Waals surface area contributed by atoms with Crippen molar-refractivity contribution in [1.29, 1.82) is 0 Å². The fourth-order valence-electron chi connectivity index (χ4n) is 2.52. The highest BCUT2D eigenvalue weighted by Crippen LogP contribution is 2.27. The molecule has 0 aliphatic heterocycles. The zero-order chi connectivity index (χ0) is 11.4. The van der Waals surface area contributed by atoms with Crippen molar-refractivity contribution in [2.45, 2.75) is 44.6 Å². The second-order valence-corrected chi connectivity index (χ2v) is 4.87. The number of nitrogens with zero attached hydrogens (tertiary/aromatic N) is 1. The molecule has 2 aliphatic rings. The molecule has 0 aromatic heterocycles. The van der Waals surface area contributed by atoms with Crippen LogP contribution in [0.25, 0.3) is 0 Å². The van der Waals surface area contributed by atoms with Crippen molar-refractivity contribution in [1.82, 2.24) is 4.90 Å². The second kappa shape index (κ2) is 5.48. The molecular weight excluding hydrogens is 202 g/mol. The maximum absolute atomic E-state index is 12.1. The summed E-state index contributed by atoms with van der Waals surface area (Å²) in [4.78, 5) is 14.0. The molecule has 0 aromatic carbocycles. The van der Waals surface area contributed by atoms with Crippen LogP contribution in [-0.2, 0) is 4.79 Å². The fraction of sp³-hybridized carbons (Fsp3) is 0.769. The van der Waals surface area contributed by atoms with E-state index in [9.17, 15) is 4.79 Å². The molecular formula is C13H21NO2. The lowest BCUT2D eigenvalue weighted by molar-refractivity contribution is -0.136. The van der Waals surface area contributed by atoms with Gasteiger partial charge in [0.05, 0.1) is 6.61 Å². The summed E-state index contributed by atoms with van der Waals surface area (Å²) in [6.45, 7) is 0.600. The van der Waals surface area contributed by atoms with Crippen LogP contribution >= 0.6 is 0 Å². The first kappa shape index (κ1) is 11.6. The summed E-state index contributed by atoms with van der Waals surface area (Å²) in [7, 11) is 0. The van der Waals surface area contributed by atoms with Crippen molar-refractivity contribution in [3.05, 3.63) is 12.2 Å². The van der Waals surface area contributed by atoms with Crippen molar-refractivity contribution in [2.24, 2.45) is 5.92 Å². The molecule has 2 rings (SSSR count). The van der Waals surface area contributed by atoms with Crippen LogP contribution in [-0.4, -0.2) is 35.1 Å².